The molecule has 3 rings (SSSR count). The Bertz CT molecular complexity index is 1100. The zero-order valence-corrected chi connectivity index (χ0v) is 17.6. The second-order valence-electron chi connectivity index (χ2n) is 6.78. The second-order valence-corrected chi connectivity index (χ2v) is 8.52. The van der Waals surface area contributed by atoms with E-state index >= 15 is 0 Å². The van der Waals surface area contributed by atoms with Crippen LogP contribution in [0.15, 0.2) is 83.8 Å². The van der Waals surface area contributed by atoms with Crippen LogP contribution >= 0.6 is 0 Å². The lowest BCUT2D eigenvalue weighted by molar-refractivity contribution is 0.0939. The maximum absolute atomic E-state index is 12.9. The van der Waals surface area contributed by atoms with E-state index in [-0.39, 0.29) is 34.7 Å². The first-order chi connectivity index (χ1) is 14.4. The Balaban J connectivity index is 1.81. The number of carbonyl (C=O) groups is 1. The Morgan fingerprint density at radius 2 is 1.60 bits per heavy atom. The Morgan fingerprint density at radius 3 is 2.23 bits per heavy atom. The molecule has 6 nitrogen and oxygen atoms in total. The molecule has 0 radical (unpaired) electrons. The molecule has 0 spiro atoms. The number of methoxy groups -OCH3 is 1. The minimum absolute atomic E-state index is 0.0825. The Morgan fingerprint density at radius 1 is 0.967 bits per heavy atom. The number of benzene rings is 3. The van der Waals surface area contributed by atoms with Crippen molar-refractivity contribution in [2.75, 3.05) is 7.11 Å². The molecule has 30 heavy (non-hydrogen) atoms. The molecular weight excluding hydrogens is 400 g/mol. The molecule has 0 saturated heterocycles. The van der Waals surface area contributed by atoms with Crippen molar-refractivity contribution in [1.29, 1.82) is 0 Å². The van der Waals surface area contributed by atoms with Gasteiger partial charge >= 0.3 is 0 Å². The average molecular weight is 425 g/mol. The molecule has 0 aromatic heterocycles. The Hall–Kier alpha value is -3.16. The first kappa shape index (κ1) is 21.5. The van der Waals surface area contributed by atoms with Gasteiger partial charge < -0.3 is 10.1 Å². The number of rotatable bonds is 8. The number of sulfonamides is 1. The van der Waals surface area contributed by atoms with Gasteiger partial charge in [0.05, 0.1) is 13.2 Å². The molecular formula is C23H24N2O4S. The summed E-state index contributed by atoms with van der Waals surface area (Å²) in [7, 11) is -2.50. The van der Waals surface area contributed by atoms with Gasteiger partial charge in [0.25, 0.3) is 5.91 Å². The summed E-state index contributed by atoms with van der Waals surface area (Å²) >= 11 is 0. The first-order valence-electron chi connectivity index (χ1n) is 9.48. The molecule has 0 aliphatic heterocycles. The van der Waals surface area contributed by atoms with Crippen molar-refractivity contribution in [3.05, 3.63) is 95.6 Å². The lowest BCUT2D eigenvalue weighted by Gasteiger charge is -2.16. The maximum Gasteiger partial charge on any atom is 0.251 e. The van der Waals surface area contributed by atoms with Crippen LogP contribution in [0, 0.1) is 0 Å². The van der Waals surface area contributed by atoms with Gasteiger partial charge in [-0.1, -0.05) is 60.7 Å². The van der Waals surface area contributed by atoms with E-state index in [1.807, 2.05) is 67.6 Å². The van der Waals surface area contributed by atoms with E-state index in [1.165, 1.54) is 19.2 Å². The van der Waals surface area contributed by atoms with Crippen molar-refractivity contribution in [3.63, 3.8) is 0 Å². The minimum Gasteiger partial charge on any atom is -0.495 e. The highest BCUT2D eigenvalue weighted by molar-refractivity contribution is 7.89. The Kier molecular flexibility index (Phi) is 6.87. The molecule has 1 amide bonds. The third-order valence-electron chi connectivity index (χ3n) is 4.67. The van der Waals surface area contributed by atoms with Gasteiger partial charge in [-0.05, 0) is 36.2 Å². The van der Waals surface area contributed by atoms with Crippen molar-refractivity contribution in [1.82, 2.24) is 10.0 Å². The first-order valence-corrected chi connectivity index (χ1v) is 11.0. The van der Waals surface area contributed by atoms with E-state index in [0.29, 0.717) is 0 Å². The van der Waals surface area contributed by atoms with Crippen LogP contribution in [0.2, 0.25) is 0 Å². The number of carbonyl (C=O) groups excluding carboxylic acids is 1. The van der Waals surface area contributed by atoms with E-state index in [2.05, 4.69) is 10.0 Å². The predicted molar refractivity (Wildman–Crippen MR) is 116 cm³/mol. The summed E-state index contributed by atoms with van der Waals surface area (Å²) in [5.41, 5.74) is 2.01. The van der Waals surface area contributed by atoms with Crippen LogP contribution in [0.25, 0.3) is 0 Å². The summed E-state index contributed by atoms with van der Waals surface area (Å²) in [5.74, 6) is -0.197. The molecule has 1 atom stereocenters. The summed E-state index contributed by atoms with van der Waals surface area (Å²) in [4.78, 5) is 12.6. The molecule has 0 fully saturated rings. The van der Waals surface area contributed by atoms with Crippen LogP contribution in [0.4, 0.5) is 0 Å². The highest BCUT2D eigenvalue weighted by atomic mass is 32.2. The van der Waals surface area contributed by atoms with Gasteiger partial charge in [-0.15, -0.1) is 0 Å². The third kappa shape index (κ3) is 5.25. The van der Waals surface area contributed by atoms with E-state index < -0.39 is 10.0 Å². The van der Waals surface area contributed by atoms with Crippen LogP contribution in [-0.4, -0.2) is 21.4 Å². The number of hydrogen-bond acceptors (Lipinski definition) is 4. The molecule has 7 heteroatoms. The standard InChI is InChI=1S/C23H24N2O4S/c1-17(19-11-7-4-8-12-19)25-23(26)20-13-14-21(29-2)22(15-20)30(27,28)24-16-18-9-5-3-6-10-18/h3-15,17,24H,16H2,1-2H3,(H,25,26)/t17-/m0/s1. The largest absolute Gasteiger partial charge is 0.495 e. The lowest BCUT2D eigenvalue weighted by Crippen LogP contribution is -2.28. The number of hydrogen-bond donors (Lipinski definition) is 2. The lowest BCUT2D eigenvalue weighted by atomic mass is 10.1. The molecule has 3 aromatic carbocycles. The molecule has 0 aliphatic rings. The number of ether oxygens (including phenoxy) is 1. The zero-order chi connectivity index (χ0) is 21.6. The summed E-state index contributed by atoms with van der Waals surface area (Å²) in [6.45, 7) is 2.00. The van der Waals surface area contributed by atoms with E-state index in [0.717, 1.165) is 11.1 Å². The summed E-state index contributed by atoms with van der Waals surface area (Å²) < 4.78 is 33.5. The van der Waals surface area contributed by atoms with E-state index in [4.69, 9.17) is 4.74 Å². The third-order valence-corrected chi connectivity index (χ3v) is 6.09. The van der Waals surface area contributed by atoms with E-state index in [1.54, 1.807) is 6.07 Å². The fourth-order valence-corrected chi connectivity index (χ4v) is 4.20. The van der Waals surface area contributed by atoms with Gasteiger partial charge in [-0.25, -0.2) is 13.1 Å². The monoisotopic (exact) mass is 424 g/mol. The maximum atomic E-state index is 12.9. The summed E-state index contributed by atoms with van der Waals surface area (Å²) in [6.07, 6.45) is 0. The molecule has 3 aromatic rings. The molecule has 2 N–H and O–H groups in total. The molecule has 0 heterocycles. The van der Waals surface area contributed by atoms with Crippen LogP contribution in [0.1, 0.15) is 34.5 Å². The SMILES string of the molecule is COc1ccc(C(=O)N[C@@H](C)c2ccccc2)cc1S(=O)(=O)NCc1ccccc1. The van der Waals surface area contributed by atoms with E-state index in [9.17, 15) is 13.2 Å². The number of amides is 1. The normalized spacial score (nSPS) is 12.2. The highest BCUT2D eigenvalue weighted by Gasteiger charge is 2.22. The fourth-order valence-electron chi connectivity index (χ4n) is 2.98. The second kappa shape index (κ2) is 9.56. The van der Waals surface area contributed by atoms with Crippen molar-refractivity contribution >= 4 is 15.9 Å². The number of nitrogens with one attached hydrogen (secondary N) is 2. The molecule has 0 bridgehead atoms. The fraction of sp³-hybridized carbons (Fsp3) is 0.174. The Labute approximate surface area is 177 Å². The van der Waals surface area contributed by atoms with Crippen LogP contribution in [-0.2, 0) is 16.6 Å². The van der Waals surface area contributed by atoms with Gasteiger partial charge in [0.2, 0.25) is 10.0 Å². The van der Waals surface area contributed by atoms with Gasteiger partial charge in [0, 0.05) is 12.1 Å². The van der Waals surface area contributed by atoms with Gasteiger partial charge in [0.1, 0.15) is 10.6 Å². The van der Waals surface area contributed by atoms with Gasteiger partial charge in [-0.3, -0.25) is 4.79 Å². The molecule has 0 unspecified atom stereocenters. The van der Waals surface area contributed by atoms with Crippen LogP contribution < -0.4 is 14.8 Å². The summed E-state index contributed by atoms with van der Waals surface area (Å²) in [6, 6.07) is 22.9. The van der Waals surface area contributed by atoms with Crippen molar-refractivity contribution in [3.8, 4) is 5.75 Å². The van der Waals surface area contributed by atoms with Crippen molar-refractivity contribution in [2.24, 2.45) is 0 Å². The van der Waals surface area contributed by atoms with Crippen molar-refractivity contribution < 1.29 is 17.9 Å². The minimum atomic E-state index is -3.89. The topological polar surface area (TPSA) is 84.5 Å². The quantitative estimate of drug-likeness (QED) is 0.578. The van der Waals surface area contributed by atoms with Crippen LogP contribution in [0.5, 0.6) is 5.75 Å². The zero-order valence-electron chi connectivity index (χ0n) is 16.8. The van der Waals surface area contributed by atoms with Gasteiger partial charge in [-0.2, -0.15) is 0 Å². The predicted octanol–water partition coefficient (Wildman–Crippen LogP) is 3.66. The van der Waals surface area contributed by atoms with Crippen LogP contribution in [0.3, 0.4) is 0 Å². The van der Waals surface area contributed by atoms with Gasteiger partial charge in [0.15, 0.2) is 0 Å². The van der Waals surface area contributed by atoms with Crippen molar-refractivity contribution in [2.45, 2.75) is 24.4 Å². The molecule has 156 valence electrons. The smallest absolute Gasteiger partial charge is 0.251 e. The summed E-state index contributed by atoms with van der Waals surface area (Å²) in [5, 5.41) is 2.89. The molecule has 0 saturated carbocycles. The average Bonchev–Trinajstić information content (AvgIpc) is 2.78. The molecule has 0 aliphatic carbocycles. The highest BCUT2D eigenvalue weighted by Crippen LogP contribution is 2.25.